The van der Waals surface area contributed by atoms with Crippen LogP contribution in [0.4, 0.5) is 0 Å². The molecule has 1 atom stereocenters. The van der Waals surface area contributed by atoms with Crippen LogP contribution in [0.5, 0.6) is 0 Å². The van der Waals surface area contributed by atoms with Crippen LogP contribution in [-0.2, 0) is 9.59 Å². The molecule has 1 aliphatic heterocycles. The molecule has 0 aliphatic carbocycles. The summed E-state index contributed by atoms with van der Waals surface area (Å²) in [4.78, 5) is 22.4. The molecule has 1 unspecified atom stereocenters. The van der Waals surface area contributed by atoms with Crippen molar-refractivity contribution in [1.82, 2.24) is 4.31 Å². The van der Waals surface area contributed by atoms with Crippen molar-refractivity contribution in [3.8, 4) is 0 Å². The molecular formula is C8H13NO2S. The van der Waals surface area contributed by atoms with E-state index in [1.54, 1.807) is 0 Å². The van der Waals surface area contributed by atoms with Gasteiger partial charge in [-0.05, 0) is 12.3 Å². The molecule has 2 amide bonds. The second kappa shape index (κ2) is 3.47. The quantitative estimate of drug-likeness (QED) is 0.495. The van der Waals surface area contributed by atoms with Crippen LogP contribution < -0.4 is 0 Å². The fourth-order valence-corrected chi connectivity index (χ4v) is 1.66. The SMILES string of the molecule is CC(C)C1CCC(=O)N(S)C1=O. The van der Waals surface area contributed by atoms with Crippen molar-refractivity contribution in [2.75, 3.05) is 0 Å². The predicted molar refractivity (Wildman–Crippen MR) is 48.4 cm³/mol. The summed E-state index contributed by atoms with van der Waals surface area (Å²) in [5, 5.41) is 0. The van der Waals surface area contributed by atoms with Crippen LogP contribution in [0, 0.1) is 11.8 Å². The Bertz CT molecular complexity index is 215. The maximum absolute atomic E-state index is 11.4. The third-order valence-electron chi connectivity index (χ3n) is 2.24. The van der Waals surface area contributed by atoms with Gasteiger partial charge in [0.15, 0.2) is 0 Å². The van der Waals surface area contributed by atoms with Crippen molar-refractivity contribution in [2.24, 2.45) is 11.8 Å². The van der Waals surface area contributed by atoms with Crippen LogP contribution in [0.3, 0.4) is 0 Å². The monoisotopic (exact) mass is 187 g/mol. The molecule has 0 aromatic heterocycles. The zero-order valence-corrected chi connectivity index (χ0v) is 8.17. The predicted octanol–water partition coefficient (Wildman–Crippen LogP) is 1.25. The average Bonchev–Trinajstić information content (AvgIpc) is 2.00. The Morgan fingerprint density at radius 2 is 2.08 bits per heavy atom. The summed E-state index contributed by atoms with van der Waals surface area (Å²) in [6.07, 6.45) is 1.12. The van der Waals surface area contributed by atoms with E-state index in [1.807, 2.05) is 13.8 Å². The number of thiol groups is 1. The van der Waals surface area contributed by atoms with Crippen LogP contribution >= 0.6 is 12.8 Å². The third kappa shape index (κ3) is 1.63. The molecular weight excluding hydrogens is 174 g/mol. The minimum absolute atomic E-state index is 0.0276. The minimum Gasteiger partial charge on any atom is -0.273 e. The average molecular weight is 187 g/mol. The van der Waals surface area contributed by atoms with Gasteiger partial charge in [0.1, 0.15) is 0 Å². The zero-order chi connectivity index (χ0) is 9.30. The Balaban J connectivity index is 2.72. The second-order valence-electron chi connectivity index (χ2n) is 3.43. The number of piperidine rings is 1. The molecule has 1 rings (SSSR count). The maximum Gasteiger partial charge on any atom is 0.242 e. The summed E-state index contributed by atoms with van der Waals surface area (Å²) < 4.78 is 0.953. The smallest absolute Gasteiger partial charge is 0.242 e. The molecule has 1 saturated heterocycles. The first-order valence-corrected chi connectivity index (χ1v) is 4.49. The first kappa shape index (κ1) is 9.58. The topological polar surface area (TPSA) is 37.4 Å². The van der Waals surface area contributed by atoms with E-state index >= 15 is 0 Å². The van der Waals surface area contributed by atoms with E-state index in [9.17, 15) is 9.59 Å². The highest BCUT2D eigenvalue weighted by Crippen LogP contribution is 2.26. The van der Waals surface area contributed by atoms with Crippen molar-refractivity contribution in [1.29, 1.82) is 0 Å². The van der Waals surface area contributed by atoms with Crippen molar-refractivity contribution in [3.05, 3.63) is 0 Å². The van der Waals surface area contributed by atoms with Gasteiger partial charge < -0.3 is 0 Å². The number of nitrogens with zero attached hydrogens (tertiary/aromatic N) is 1. The highest BCUT2D eigenvalue weighted by molar-refractivity contribution is 7.79. The Morgan fingerprint density at radius 3 is 2.58 bits per heavy atom. The van der Waals surface area contributed by atoms with Crippen molar-refractivity contribution < 1.29 is 9.59 Å². The molecule has 3 nitrogen and oxygen atoms in total. The van der Waals surface area contributed by atoms with E-state index in [0.29, 0.717) is 18.8 Å². The van der Waals surface area contributed by atoms with Crippen molar-refractivity contribution >= 4 is 24.6 Å². The lowest BCUT2D eigenvalue weighted by molar-refractivity contribution is -0.145. The summed E-state index contributed by atoms with van der Waals surface area (Å²) in [6, 6.07) is 0. The molecule has 1 aliphatic rings. The number of hydrogen-bond acceptors (Lipinski definition) is 3. The largest absolute Gasteiger partial charge is 0.273 e. The molecule has 0 spiro atoms. The van der Waals surface area contributed by atoms with Gasteiger partial charge in [0, 0.05) is 12.3 Å². The number of rotatable bonds is 1. The van der Waals surface area contributed by atoms with Gasteiger partial charge in [-0.25, -0.2) is 4.31 Å². The van der Waals surface area contributed by atoms with Crippen LogP contribution in [0.1, 0.15) is 26.7 Å². The molecule has 0 saturated carbocycles. The summed E-state index contributed by atoms with van der Waals surface area (Å²) in [5.41, 5.74) is 0. The van der Waals surface area contributed by atoms with Gasteiger partial charge >= 0.3 is 0 Å². The maximum atomic E-state index is 11.4. The number of imide groups is 1. The lowest BCUT2D eigenvalue weighted by Crippen LogP contribution is -2.41. The number of carbonyl (C=O) groups is 2. The molecule has 0 aromatic carbocycles. The van der Waals surface area contributed by atoms with E-state index in [1.165, 1.54) is 0 Å². The second-order valence-corrected chi connectivity index (χ2v) is 3.83. The molecule has 0 N–H and O–H groups in total. The molecule has 12 heavy (non-hydrogen) atoms. The van der Waals surface area contributed by atoms with E-state index in [2.05, 4.69) is 12.8 Å². The Kier molecular flexibility index (Phi) is 2.77. The van der Waals surface area contributed by atoms with Crippen LogP contribution in [0.25, 0.3) is 0 Å². The zero-order valence-electron chi connectivity index (χ0n) is 7.28. The normalized spacial score (nSPS) is 25.3. The van der Waals surface area contributed by atoms with Gasteiger partial charge in [-0.2, -0.15) is 0 Å². The third-order valence-corrected chi connectivity index (χ3v) is 2.66. The molecule has 1 fully saturated rings. The van der Waals surface area contributed by atoms with Gasteiger partial charge in [0.05, 0.1) is 0 Å². The fraction of sp³-hybridized carbons (Fsp3) is 0.750. The van der Waals surface area contributed by atoms with Gasteiger partial charge in [0.25, 0.3) is 0 Å². The molecule has 0 bridgehead atoms. The highest BCUT2D eigenvalue weighted by Gasteiger charge is 2.34. The Morgan fingerprint density at radius 1 is 1.50 bits per heavy atom. The first-order valence-electron chi connectivity index (χ1n) is 4.09. The highest BCUT2D eigenvalue weighted by atomic mass is 32.1. The van der Waals surface area contributed by atoms with Crippen molar-refractivity contribution in [2.45, 2.75) is 26.7 Å². The van der Waals surface area contributed by atoms with Crippen molar-refractivity contribution in [3.63, 3.8) is 0 Å². The minimum atomic E-state index is -0.180. The molecule has 0 aromatic rings. The Hall–Kier alpha value is -0.510. The van der Waals surface area contributed by atoms with Gasteiger partial charge in [0.2, 0.25) is 11.8 Å². The summed E-state index contributed by atoms with van der Waals surface area (Å²) in [7, 11) is 0. The van der Waals surface area contributed by atoms with E-state index in [0.717, 1.165) is 4.31 Å². The fourth-order valence-electron chi connectivity index (χ4n) is 1.41. The van der Waals surface area contributed by atoms with Gasteiger partial charge in [-0.15, -0.1) is 0 Å². The lowest BCUT2D eigenvalue weighted by atomic mass is 9.88. The summed E-state index contributed by atoms with van der Waals surface area (Å²) in [5.74, 6) is -0.0646. The lowest BCUT2D eigenvalue weighted by Gasteiger charge is -2.28. The number of carbonyl (C=O) groups excluding carboxylic acids is 2. The van der Waals surface area contributed by atoms with Crippen LogP contribution in [-0.4, -0.2) is 16.1 Å². The molecule has 4 heteroatoms. The molecule has 1 heterocycles. The summed E-state index contributed by atoms with van der Waals surface area (Å²) in [6.45, 7) is 3.97. The first-order chi connectivity index (χ1) is 5.54. The molecule has 0 radical (unpaired) electrons. The van der Waals surface area contributed by atoms with E-state index in [4.69, 9.17) is 0 Å². The van der Waals surface area contributed by atoms with Gasteiger partial charge in [-0.3, -0.25) is 9.59 Å². The number of amides is 2. The van der Waals surface area contributed by atoms with E-state index < -0.39 is 0 Å². The van der Waals surface area contributed by atoms with Gasteiger partial charge in [-0.1, -0.05) is 26.7 Å². The standard InChI is InChI=1S/C8H13NO2S/c1-5(2)6-3-4-7(10)9(12)8(6)11/h5-6,12H,3-4H2,1-2H3. The Labute approximate surface area is 77.7 Å². The summed E-state index contributed by atoms with van der Waals surface area (Å²) >= 11 is 3.84. The molecule has 68 valence electrons. The number of hydrogen-bond donors (Lipinski definition) is 1. The van der Waals surface area contributed by atoms with Crippen LogP contribution in [0.15, 0.2) is 0 Å². The van der Waals surface area contributed by atoms with E-state index in [-0.39, 0.29) is 17.7 Å². The van der Waals surface area contributed by atoms with Crippen LogP contribution in [0.2, 0.25) is 0 Å².